The van der Waals surface area contributed by atoms with Crippen molar-refractivity contribution in [2.45, 2.75) is 31.1 Å². The lowest BCUT2D eigenvalue weighted by Crippen LogP contribution is -2.29. The molecule has 7 heteroatoms. The molecular formula is C13H20N2O4S. The van der Waals surface area contributed by atoms with Gasteiger partial charge in [0.25, 0.3) is 5.91 Å². The van der Waals surface area contributed by atoms with Gasteiger partial charge in [-0.3, -0.25) is 4.79 Å². The van der Waals surface area contributed by atoms with Crippen LogP contribution in [-0.4, -0.2) is 27.5 Å². The third kappa shape index (κ3) is 6.03. The van der Waals surface area contributed by atoms with Crippen LogP contribution in [-0.2, 0) is 14.8 Å². The molecule has 0 atom stereocenters. The second kappa shape index (κ2) is 7.86. The predicted molar refractivity (Wildman–Crippen MR) is 75.8 cm³/mol. The topological polar surface area (TPSA) is 98.5 Å². The summed E-state index contributed by atoms with van der Waals surface area (Å²) in [5.74, 6) is 0.220. The highest BCUT2D eigenvalue weighted by Gasteiger charge is 2.07. The van der Waals surface area contributed by atoms with Crippen LogP contribution in [0.5, 0.6) is 5.75 Å². The van der Waals surface area contributed by atoms with Crippen LogP contribution >= 0.6 is 0 Å². The molecule has 0 aliphatic heterocycles. The first-order chi connectivity index (χ1) is 9.43. The van der Waals surface area contributed by atoms with Crippen LogP contribution in [0.1, 0.15) is 26.2 Å². The van der Waals surface area contributed by atoms with Crippen molar-refractivity contribution in [1.82, 2.24) is 5.32 Å². The highest BCUT2D eigenvalue weighted by Crippen LogP contribution is 2.14. The summed E-state index contributed by atoms with van der Waals surface area (Å²) in [5.41, 5.74) is 0. The van der Waals surface area contributed by atoms with E-state index in [-0.39, 0.29) is 17.4 Å². The molecule has 0 saturated heterocycles. The van der Waals surface area contributed by atoms with E-state index in [2.05, 4.69) is 12.2 Å². The Morgan fingerprint density at radius 3 is 2.45 bits per heavy atom. The summed E-state index contributed by atoms with van der Waals surface area (Å²) >= 11 is 0. The molecule has 0 saturated carbocycles. The number of hydrogen-bond donors (Lipinski definition) is 2. The molecule has 1 amide bonds. The molecule has 0 bridgehead atoms. The average Bonchev–Trinajstić information content (AvgIpc) is 2.41. The van der Waals surface area contributed by atoms with Gasteiger partial charge in [-0.1, -0.05) is 19.8 Å². The Balaban J connectivity index is 2.37. The third-order valence-electron chi connectivity index (χ3n) is 2.62. The molecule has 112 valence electrons. The van der Waals surface area contributed by atoms with Gasteiger partial charge in [0.2, 0.25) is 10.0 Å². The fraction of sp³-hybridized carbons (Fsp3) is 0.462. The van der Waals surface area contributed by atoms with Gasteiger partial charge in [0.1, 0.15) is 5.75 Å². The van der Waals surface area contributed by atoms with Gasteiger partial charge in [0, 0.05) is 6.54 Å². The van der Waals surface area contributed by atoms with Gasteiger partial charge >= 0.3 is 0 Å². The Labute approximate surface area is 119 Å². The molecule has 1 aromatic carbocycles. The zero-order chi connectivity index (χ0) is 15.0. The number of primary sulfonamides is 1. The lowest BCUT2D eigenvalue weighted by molar-refractivity contribution is -0.123. The zero-order valence-electron chi connectivity index (χ0n) is 11.5. The summed E-state index contributed by atoms with van der Waals surface area (Å²) in [6.07, 6.45) is 3.13. The molecule has 0 aliphatic rings. The lowest BCUT2D eigenvalue weighted by atomic mass is 10.2. The van der Waals surface area contributed by atoms with E-state index in [4.69, 9.17) is 9.88 Å². The number of nitrogens with one attached hydrogen (secondary N) is 1. The van der Waals surface area contributed by atoms with Gasteiger partial charge in [-0.2, -0.15) is 0 Å². The first kappa shape index (κ1) is 16.5. The van der Waals surface area contributed by atoms with Crippen molar-refractivity contribution >= 4 is 15.9 Å². The Morgan fingerprint density at radius 2 is 1.90 bits per heavy atom. The molecule has 0 unspecified atom stereocenters. The van der Waals surface area contributed by atoms with Crippen molar-refractivity contribution in [3.8, 4) is 5.75 Å². The van der Waals surface area contributed by atoms with Crippen molar-refractivity contribution < 1.29 is 17.9 Å². The number of hydrogen-bond acceptors (Lipinski definition) is 4. The third-order valence-corrected chi connectivity index (χ3v) is 3.55. The Hall–Kier alpha value is -1.60. The number of carbonyl (C=O) groups excluding carboxylic acids is 1. The number of nitrogens with two attached hydrogens (primary N) is 1. The van der Waals surface area contributed by atoms with Gasteiger partial charge in [-0.05, 0) is 30.7 Å². The Bertz CT molecular complexity index is 526. The van der Waals surface area contributed by atoms with Crippen LogP contribution in [0.25, 0.3) is 0 Å². The number of ether oxygens (including phenoxy) is 1. The van der Waals surface area contributed by atoms with E-state index >= 15 is 0 Å². The number of unbranched alkanes of at least 4 members (excludes halogenated alkanes) is 2. The average molecular weight is 300 g/mol. The molecule has 3 N–H and O–H groups in total. The van der Waals surface area contributed by atoms with E-state index in [0.29, 0.717) is 12.3 Å². The van der Waals surface area contributed by atoms with Gasteiger partial charge in [0.05, 0.1) is 4.90 Å². The molecule has 0 fully saturated rings. The summed E-state index contributed by atoms with van der Waals surface area (Å²) in [4.78, 5) is 11.5. The fourth-order valence-electron chi connectivity index (χ4n) is 1.53. The van der Waals surface area contributed by atoms with Crippen molar-refractivity contribution in [2.75, 3.05) is 13.2 Å². The maximum absolute atomic E-state index is 11.5. The lowest BCUT2D eigenvalue weighted by Gasteiger charge is -2.07. The van der Waals surface area contributed by atoms with E-state index in [1.165, 1.54) is 24.3 Å². The molecule has 0 aromatic heterocycles. The van der Waals surface area contributed by atoms with E-state index in [1.807, 2.05) is 0 Å². The van der Waals surface area contributed by atoms with Gasteiger partial charge in [-0.25, -0.2) is 13.6 Å². The van der Waals surface area contributed by atoms with Crippen LogP contribution in [0.15, 0.2) is 29.2 Å². The van der Waals surface area contributed by atoms with E-state index in [9.17, 15) is 13.2 Å². The molecule has 0 aliphatic carbocycles. The predicted octanol–water partition coefficient (Wildman–Crippen LogP) is 1.02. The molecule has 20 heavy (non-hydrogen) atoms. The van der Waals surface area contributed by atoms with Crippen LogP contribution in [0.3, 0.4) is 0 Å². The van der Waals surface area contributed by atoms with Crippen molar-refractivity contribution in [3.05, 3.63) is 24.3 Å². The summed E-state index contributed by atoms with van der Waals surface area (Å²) in [6, 6.07) is 5.60. The largest absolute Gasteiger partial charge is 0.484 e. The van der Waals surface area contributed by atoms with Gasteiger partial charge < -0.3 is 10.1 Å². The number of sulfonamides is 1. The van der Waals surface area contributed by atoms with Crippen molar-refractivity contribution in [1.29, 1.82) is 0 Å². The van der Waals surface area contributed by atoms with Crippen molar-refractivity contribution in [2.24, 2.45) is 5.14 Å². The summed E-state index contributed by atoms with van der Waals surface area (Å²) in [5, 5.41) is 7.72. The van der Waals surface area contributed by atoms with Crippen LogP contribution in [0.2, 0.25) is 0 Å². The summed E-state index contributed by atoms with van der Waals surface area (Å²) in [7, 11) is -3.70. The summed E-state index contributed by atoms with van der Waals surface area (Å²) in [6.45, 7) is 2.64. The standard InChI is InChI=1S/C13H20N2O4S/c1-2-3-4-9-15-13(16)10-19-11-5-7-12(8-6-11)20(14,17)18/h5-8H,2-4,9-10H2,1H3,(H,15,16)(H2,14,17,18). The maximum atomic E-state index is 11.5. The van der Waals surface area contributed by atoms with Crippen LogP contribution < -0.4 is 15.2 Å². The number of benzene rings is 1. The first-order valence-corrected chi connectivity index (χ1v) is 8.00. The Morgan fingerprint density at radius 1 is 1.25 bits per heavy atom. The van der Waals surface area contributed by atoms with Gasteiger partial charge in [-0.15, -0.1) is 0 Å². The number of rotatable bonds is 8. The normalized spacial score (nSPS) is 11.1. The SMILES string of the molecule is CCCCCNC(=O)COc1ccc(S(N)(=O)=O)cc1. The molecular weight excluding hydrogens is 280 g/mol. The number of amides is 1. The van der Waals surface area contributed by atoms with E-state index in [0.717, 1.165) is 19.3 Å². The minimum Gasteiger partial charge on any atom is -0.484 e. The molecule has 0 spiro atoms. The monoisotopic (exact) mass is 300 g/mol. The van der Waals surface area contributed by atoms with Crippen LogP contribution in [0, 0.1) is 0 Å². The highest BCUT2D eigenvalue weighted by molar-refractivity contribution is 7.89. The van der Waals surface area contributed by atoms with E-state index < -0.39 is 10.0 Å². The fourth-order valence-corrected chi connectivity index (χ4v) is 2.04. The second-order valence-corrected chi connectivity index (χ2v) is 5.92. The first-order valence-electron chi connectivity index (χ1n) is 6.46. The molecule has 6 nitrogen and oxygen atoms in total. The number of carbonyl (C=O) groups is 1. The second-order valence-electron chi connectivity index (χ2n) is 4.36. The quantitative estimate of drug-likeness (QED) is 0.700. The van der Waals surface area contributed by atoms with Crippen molar-refractivity contribution in [3.63, 3.8) is 0 Å². The molecule has 1 aromatic rings. The van der Waals surface area contributed by atoms with Crippen LogP contribution in [0.4, 0.5) is 0 Å². The smallest absolute Gasteiger partial charge is 0.257 e. The summed E-state index contributed by atoms with van der Waals surface area (Å²) < 4.78 is 27.4. The Kier molecular flexibility index (Phi) is 6.47. The highest BCUT2D eigenvalue weighted by atomic mass is 32.2. The van der Waals surface area contributed by atoms with E-state index in [1.54, 1.807) is 0 Å². The zero-order valence-corrected chi connectivity index (χ0v) is 12.3. The molecule has 1 rings (SSSR count). The molecule has 0 heterocycles. The van der Waals surface area contributed by atoms with Gasteiger partial charge in [0.15, 0.2) is 6.61 Å². The molecule has 0 radical (unpaired) electrons. The maximum Gasteiger partial charge on any atom is 0.257 e. The minimum absolute atomic E-state index is 0.00821. The minimum atomic E-state index is -3.70.